The smallest absolute Gasteiger partial charge is 0.353 e. The van der Waals surface area contributed by atoms with Crippen LogP contribution in [0.3, 0.4) is 0 Å². The third-order valence-corrected chi connectivity index (χ3v) is 7.62. The molecule has 0 aliphatic carbocycles. The monoisotopic (exact) mass is 480 g/mol. The van der Waals surface area contributed by atoms with Crippen LogP contribution in [0.5, 0.6) is 0 Å². The van der Waals surface area contributed by atoms with Crippen molar-refractivity contribution >= 4 is 35.5 Å². The molecule has 3 aliphatic heterocycles. The number of carbonyl (C=O) groups is 4. The van der Waals surface area contributed by atoms with E-state index >= 15 is 0 Å². The molecule has 1 aromatic rings. The molecule has 2 fully saturated rings. The number of thioether (sulfide) groups is 1. The Hall–Kier alpha value is -2.97. The van der Waals surface area contributed by atoms with Gasteiger partial charge in [-0.05, 0) is 13.3 Å². The normalized spacial score (nSPS) is 29.6. The van der Waals surface area contributed by atoms with Crippen LogP contribution in [0, 0.1) is 11.8 Å². The number of aliphatic hydroxyl groups is 1. The molecule has 0 bridgehead atoms. The topological polar surface area (TPSA) is 201 Å². The van der Waals surface area contributed by atoms with Crippen molar-refractivity contribution in [3.05, 3.63) is 22.3 Å². The summed E-state index contributed by atoms with van der Waals surface area (Å²) in [5.74, 6) is -3.80. The predicted octanol–water partition coefficient (Wildman–Crippen LogP) is -1.60. The largest absolute Gasteiger partial charge is 0.477 e. The van der Waals surface area contributed by atoms with Gasteiger partial charge in [-0.2, -0.15) is 4.98 Å². The van der Waals surface area contributed by atoms with Crippen LogP contribution >= 0.6 is 11.8 Å². The van der Waals surface area contributed by atoms with E-state index in [0.29, 0.717) is 17.9 Å². The molecule has 0 saturated carbocycles. The number of rotatable bonds is 8. The van der Waals surface area contributed by atoms with Crippen molar-refractivity contribution in [1.29, 1.82) is 0 Å². The molecule has 6 atom stereocenters. The molecule has 4 heterocycles. The summed E-state index contributed by atoms with van der Waals surface area (Å²) in [5, 5.41) is 28.9. The zero-order valence-corrected chi connectivity index (χ0v) is 18.7. The van der Waals surface area contributed by atoms with Gasteiger partial charge in [0.05, 0.1) is 30.7 Å². The van der Waals surface area contributed by atoms with Gasteiger partial charge in [-0.3, -0.25) is 14.4 Å². The summed E-state index contributed by atoms with van der Waals surface area (Å²) in [6.07, 6.45) is -0.420. The van der Waals surface area contributed by atoms with Crippen LogP contribution in [0.2, 0.25) is 0 Å². The fourth-order valence-corrected chi connectivity index (χ4v) is 6.04. The highest BCUT2D eigenvalue weighted by molar-refractivity contribution is 8.03. The SMILES string of the molecule is C[C@@H](O)[C@H]1C(=O)N2C(C(=O)O)=C(S[C@@H]3CN[C@H](C(=O)NCc4noc(C(N)=O)n4)C3)[C@H](C)[C@H]12. The summed E-state index contributed by atoms with van der Waals surface area (Å²) in [4.78, 5) is 53.5. The molecule has 13 nitrogen and oxygen atoms in total. The molecule has 3 amide bonds. The second-order valence-corrected chi connectivity index (χ2v) is 9.65. The second-order valence-electron chi connectivity index (χ2n) is 8.31. The van der Waals surface area contributed by atoms with Crippen molar-refractivity contribution in [3.63, 3.8) is 0 Å². The maximum absolute atomic E-state index is 12.5. The Morgan fingerprint density at radius 2 is 2.15 bits per heavy atom. The summed E-state index contributed by atoms with van der Waals surface area (Å²) < 4.78 is 4.66. The summed E-state index contributed by atoms with van der Waals surface area (Å²) >= 11 is 1.35. The number of aliphatic hydroxyl groups excluding tert-OH is 1. The van der Waals surface area contributed by atoms with Crippen molar-refractivity contribution in [3.8, 4) is 0 Å². The highest BCUT2D eigenvalue weighted by Crippen LogP contribution is 2.51. The van der Waals surface area contributed by atoms with Crippen LogP contribution in [-0.2, 0) is 20.9 Å². The quantitative estimate of drug-likeness (QED) is 0.268. The minimum absolute atomic E-state index is 0.0327. The van der Waals surface area contributed by atoms with Gasteiger partial charge < -0.3 is 36.0 Å². The third-order valence-electron chi connectivity index (χ3n) is 6.11. The molecule has 14 heteroatoms. The molecule has 0 aromatic carbocycles. The van der Waals surface area contributed by atoms with E-state index in [1.54, 1.807) is 0 Å². The van der Waals surface area contributed by atoms with Crippen molar-refractivity contribution in [2.45, 2.75) is 50.3 Å². The third kappa shape index (κ3) is 4.09. The van der Waals surface area contributed by atoms with Gasteiger partial charge in [0.2, 0.25) is 11.8 Å². The van der Waals surface area contributed by atoms with Crippen LogP contribution in [0.4, 0.5) is 0 Å². The maximum Gasteiger partial charge on any atom is 0.353 e. The van der Waals surface area contributed by atoms with Gasteiger partial charge in [0.25, 0.3) is 0 Å². The molecule has 33 heavy (non-hydrogen) atoms. The van der Waals surface area contributed by atoms with Crippen molar-refractivity contribution in [2.24, 2.45) is 17.6 Å². The van der Waals surface area contributed by atoms with Crippen molar-refractivity contribution in [1.82, 2.24) is 25.7 Å². The number of nitrogens with one attached hydrogen (secondary N) is 2. The molecule has 178 valence electrons. The molecule has 0 spiro atoms. The van der Waals surface area contributed by atoms with Crippen LogP contribution in [0.25, 0.3) is 0 Å². The fourth-order valence-electron chi connectivity index (χ4n) is 4.57. The average Bonchev–Trinajstić information content (AvgIpc) is 3.45. The predicted molar refractivity (Wildman–Crippen MR) is 112 cm³/mol. The summed E-state index contributed by atoms with van der Waals surface area (Å²) in [7, 11) is 0. The van der Waals surface area contributed by atoms with Crippen LogP contribution in [0.15, 0.2) is 15.1 Å². The van der Waals surface area contributed by atoms with E-state index in [-0.39, 0.29) is 53.0 Å². The lowest BCUT2D eigenvalue weighted by Crippen LogP contribution is -2.63. The highest BCUT2D eigenvalue weighted by atomic mass is 32.2. The molecule has 6 N–H and O–H groups in total. The van der Waals surface area contributed by atoms with Crippen molar-refractivity contribution in [2.75, 3.05) is 6.54 Å². The Bertz CT molecular complexity index is 1040. The number of hydrogen-bond donors (Lipinski definition) is 5. The molecule has 3 aliphatic rings. The number of aromatic nitrogens is 2. The zero-order chi connectivity index (χ0) is 24.0. The van der Waals surface area contributed by atoms with Crippen molar-refractivity contribution < 1.29 is 33.9 Å². The average molecular weight is 481 g/mol. The van der Waals surface area contributed by atoms with E-state index < -0.39 is 29.9 Å². The van der Waals surface area contributed by atoms with Crippen LogP contribution in [-0.4, -0.2) is 78.9 Å². The van der Waals surface area contributed by atoms with Gasteiger partial charge in [0, 0.05) is 22.6 Å². The van der Waals surface area contributed by atoms with Crippen LogP contribution < -0.4 is 16.4 Å². The minimum Gasteiger partial charge on any atom is -0.477 e. The standard InChI is InChI=1S/C19H24N6O7S/c1-6-12-11(7(2)26)18(29)25(12)13(19(30)31)14(6)33-8-3-9(21-4-8)16(28)22-5-10-23-17(15(20)27)32-24-10/h6-9,11-12,21,26H,3-5H2,1-2H3,(H2,20,27)(H,22,28)(H,30,31)/t6-,7-,8+,9+,11-,12-/m1/s1. The number of nitrogens with two attached hydrogens (primary N) is 1. The number of amides is 3. The Kier molecular flexibility index (Phi) is 6.16. The highest BCUT2D eigenvalue weighted by Gasteiger charge is 2.60. The first-order chi connectivity index (χ1) is 15.6. The Balaban J connectivity index is 1.37. The fraction of sp³-hybridized carbons (Fsp3) is 0.579. The molecular weight excluding hydrogens is 456 g/mol. The van der Waals surface area contributed by atoms with E-state index in [1.807, 2.05) is 6.92 Å². The number of nitrogens with zero attached hydrogens (tertiary/aromatic N) is 3. The molecule has 2 saturated heterocycles. The summed E-state index contributed by atoms with van der Waals surface area (Å²) in [6, 6.07) is -0.890. The van der Waals surface area contributed by atoms with Gasteiger partial charge in [-0.15, -0.1) is 11.8 Å². The number of β-lactam (4-membered cyclic amide) rings is 1. The van der Waals surface area contributed by atoms with Gasteiger partial charge >= 0.3 is 17.8 Å². The first-order valence-electron chi connectivity index (χ1n) is 10.4. The summed E-state index contributed by atoms with van der Waals surface area (Å²) in [5.41, 5.74) is 5.01. The summed E-state index contributed by atoms with van der Waals surface area (Å²) in [6.45, 7) is 3.82. The Labute approximate surface area is 192 Å². The second kappa shape index (κ2) is 8.76. The number of fused-ring (bicyclic) bond motifs is 1. The molecular formula is C19H24N6O7S. The number of carbonyl (C=O) groups excluding carboxylic acids is 3. The van der Waals surface area contributed by atoms with Gasteiger partial charge in [0.15, 0.2) is 5.82 Å². The number of primary amides is 1. The molecule has 4 rings (SSSR count). The number of hydrogen-bond acceptors (Lipinski definition) is 10. The van der Waals surface area contributed by atoms with Crippen LogP contribution in [0.1, 0.15) is 36.8 Å². The van der Waals surface area contributed by atoms with Gasteiger partial charge in [-0.1, -0.05) is 12.1 Å². The Morgan fingerprint density at radius 3 is 2.76 bits per heavy atom. The van der Waals surface area contributed by atoms with E-state index in [1.165, 1.54) is 23.6 Å². The first kappa shape index (κ1) is 23.2. The minimum atomic E-state index is -1.18. The molecule has 0 unspecified atom stereocenters. The lowest BCUT2D eigenvalue weighted by Gasteiger charge is -2.46. The van der Waals surface area contributed by atoms with E-state index in [4.69, 9.17) is 5.73 Å². The van der Waals surface area contributed by atoms with E-state index in [9.17, 15) is 29.4 Å². The van der Waals surface area contributed by atoms with E-state index in [0.717, 1.165) is 0 Å². The van der Waals surface area contributed by atoms with Gasteiger partial charge in [0.1, 0.15) is 5.70 Å². The zero-order valence-electron chi connectivity index (χ0n) is 17.8. The first-order valence-corrected chi connectivity index (χ1v) is 11.3. The van der Waals surface area contributed by atoms with Gasteiger partial charge in [-0.25, -0.2) is 4.79 Å². The molecule has 0 radical (unpaired) electrons. The lowest BCUT2D eigenvalue weighted by molar-refractivity contribution is -0.163. The molecule has 1 aromatic heterocycles. The lowest BCUT2D eigenvalue weighted by atomic mass is 9.79. The Morgan fingerprint density at radius 1 is 1.42 bits per heavy atom. The maximum atomic E-state index is 12.5. The number of aliphatic carboxylic acids is 1. The number of carboxylic acids is 1. The number of carboxylic acid groups (broad SMARTS) is 1. The van der Waals surface area contributed by atoms with E-state index in [2.05, 4.69) is 25.3 Å².